The number of rotatable bonds is 5. The maximum atomic E-state index is 13.2. The third-order valence-electron chi connectivity index (χ3n) is 4.34. The summed E-state index contributed by atoms with van der Waals surface area (Å²) in [5.74, 6) is -0.968. The van der Waals surface area contributed by atoms with Crippen molar-refractivity contribution in [2.24, 2.45) is 0 Å². The molecule has 1 amide bonds. The van der Waals surface area contributed by atoms with Gasteiger partial charge in [0.1, 0.15) is 5.82 Å². The van der Waals surface area contributed by atoms with Crippen molar-refractivity contribution in [3.8, 4) is 0 Å². The third kappa shape index (κ3) is 4.91. The number of aryl methyl sites for hydroxylation is 1. The number of carbonyl (C=O) groups excluding carboxylic acids is 1. The predicted molar refractivity (Wildman–Crippen MR) is 102 cm³/mol. The zero-order valence-corrected chi connectivity index (χ0v) is 15.9. The van der Waals surface area contributed by atoms with Crippen LogP contribution in [0.15, 0.2) is 48.5 Å². The molecule has 0 saturated carbocycles. The zero-order valence-electron chi connectivity index (χ0n) is 15.1. The smallest absolute Gasteiger partial charge is 0.282 e. The molecule has 1 saturated heterocycles. The molecule has 2 aromatic carbocycles. The molecule has 0 radical (unpaired) electrons. The van der Waals surface area contributed by atoms with Gasteiger partial charge in [0.2, 0.25) is 5.91 Å². The molecule has 0 aromatic heterocycles. The SMILES string of the molecule is Cc1cccc(CN2CCCN(CC(=O)Nc3cccc(F)c3)S2(=O)=O)c1. The molecule has 1 N–H and O–H groups in total. The van der Waals surface area contributed by atoms with Gasteiger partial charge in [-0.15, -0.1) is 0 Å². The van der Waals surface area contributed by atoms with Gasteiger partial charge in [-0.3, -0.25) is 4.79 Å². The Morgan fingerprint density at radius 2 is 1.85 bits per heavy atom. The molecular formula is C19H22FN3O3S. The minimum atomic E-state index is -3.74. The van der Waals surface area contributed by atoms with Crippen LogP contribution >= 0.6 is 0 Å². The highest BCUT2D eigenvalue weighted by atomic mass is 32.2. The first-order chi connectivity index (χ1) is 12.8. The minimum Gasteiger partial charge on any atom is -0.325 e. The average Bonchev–Trinajstić information content (AvgIpc) is 2.59. The molecule has 27 heavy (non-hydrogen) atoms. The first kappa shape index (κ1) is 19.5. The predicted octanol–water partition coefficient (Wildman–Crippen LogP) is 2.53. The third-order valence-corrected chi connectivity index (χ3v) is 6.27. The minimum absolute atomic E-state index is 0.270. The first-order valence-corrected chi connectivity index (χ1v) is 10.1. The Morgan fingerprint density at radius 3 is 2.59 bits per heavy atom. The van der Waals surface area contributed by atoms with Crippen LogP contribution in [0.4, 0.5) is 10.1 Å². The van der Waals surface area contributed by atoms with E-state index in [0.29, 0.717) is 18.7 Å². The number of hydrogen-bond donors (Lipinski definition) is 1. The van der Waals surface area contributed by atoms with Crippen molar-refractivity contribution in [1.29, 1.82) is 0 Å². The van der Waals surface area contributed by atoms with Gasteiger partial charge < -0.3 is 5.32 Å². The number of nitrogens with zero attached hydrogens (tertiary/aromatic N) is 2. The Bertz CT molecular complexity index is 933. The van der Waals surface area contributed by atoms with Crippen LogP contribution in [0.1, 0.15) is 17.5 Å². The van der Waals surface area contributed by atoms with Gasteiger partial charge in [0.25, 0.3) is 10.2 Å². The van der Waals surface area contributed by atoms with E-state index in [1.54, 1.807) is 6.07 Å². The number of amides is 1. The first-order valence-electron chi connectivity index (χ1n) is 8.71. The topological polar surface area (TPSA) is 69.7 Å². The van der Waals surface area contributed by atoms with E-state index >= 15 is 0 Å². The van der Waals surface area contributed by atoms with E-state index in [-0.39, 0.29) is 19.6 Å². The summed E-state index contributed by atoms with van der Waals surface area (Å²) in [5, 5.41) is 2.54. The van der Waals surface area contributed by atoms with Crippen LogP contribution in [0.2, 0.25) is 0 Å². The molecule has 2 aromatic rings. The summed E-state index contributed by atoms with van der Waals surface area (Å²) in [7, 11) is -3.74. The van der Waals surface area contributed by atoms with Crippen LogP contribution in [-0.4, -0.2) is 42.6 Å². The molecule has 0 spiro atoms. The van der Waals surface area contributed by atoms with E-state index in [1.807, 2.05) is 31.2 Å². The second kappa shape index (κ2) is 8.16. The normalized spacial score (nSPS) is 17.6. The molecule has 6 nitrogen and oxygen atoms in total. The Morgan fingerprint density at radius 1 is 1.11 bits per heavy atom. The van der Waals surface area contributed by atoms with Crippen LogP contribution in [0.3, 0.4) is 0 Å². The number of benzene rings is 2. The van der Waals surface area contributed by atoms with Crippen molar-refractivity contribution < 1.29 is 17.6 Å². The van der Waals surface area contributed by atoms with Gasteiger partial charge in [-0.25, -0.2) is 4.39 Å². The summed E-state index contributed by atoms with van der Waals surface area (Å²) in [4.78, 5) is 12.2. The van der Waals surface area contributed by atoms with Crippen molar-refractivity contribution in [1.82, 2.24) is 8.61 Å². The molecule has 1 aliphatic rings. The van der Waals surface area contributed by atoms with Crippen LogP contribution in [0, 0.1) is 12.7 Å². The summed E-state index contributed by atoms with van der Waals surface area (Å²) >= 11 is 0. The second-order valence-electron chi connectivity index (χ2n) is 6.58. The quantitative estimate of drug-likeness (QED) is 0.852. The van der Waals surface area contributed by atoms with E-state index in [9.17, 15) is 17.6 Å². The lowest BCUT2D eigenvalue weighted by molar-refractivity contribution is -0.116. The van der Waals surface area contributed by atoms with Crippen LogP contribution in [-0.2, 0) is 21.5 Å². The summed E-state index contributed by atoms with van der Waals surface area (Å²) in [5.41, 5.74) is 2.27. The van der Waals surface area contributed by atoms with Gasteiger partial charge in [0, 0.05) is 25.3 Å². The molecule has 0 aliphatic carbocycles. The number of halogens is 1. The molecule has 1 fully saturated rings. The van der Waals surface area contributed by atoms with Crippen molar-refractivity contribution in [3.05, 3.63) is 65.5 Å². The Balaban J connectivity index is 1.67. The van der Waals surface area contributed by atoms with Crippen LogP contribution in [0.5, 0.6) is 0 Å². The van der Waals surface area contributed by atoms with Gasteiger partial charge in [-0.1, -0.05) is 35.9 Å². The molecule has 3 rings (SSSR count). The standard InChI is InChI=1S/C19H22FN3O3S/c1-15-5-2-6-16(11-15)13-22-9-4-10-23(27(22,25)26)14-19(24)21-18-8-3-7-17(20)12-18/h2-3,5-8,11-12H,4,9-10,13-14H2,1H3,(H,21,24). The van der Waals surface area contributed by atoms with Crippen molar-refractivity contribution >= 4 is 21.8 Å². The molecule has 1 aliphatic heterocycles. The van der Waals surface area contributed by atoms with E-state index in [1.165, 1.54) is 26.8 Å². The summed E-state index contributed by atoms with van der Waals surface area (Å²) in [6.07, 6.45) is 0.637. The lowest BCUT2D eigenvalue weighted by Gasteiger charge is -2.34. The average molecular weight is 391 g/mol. The lowest BCUT2D eigenvalue weighted by atomic mass is 10.1. The molecule has 1 heterocycles. The fraction of sp³-hybridized carbons (Fsp3) is 0.316. The van der Waals surface area contributed by atoms with Crippen molar-refractivity contribution in [3.63, 3.8) is 0 Å². The van der Waals surface area contributed by atoms with Gasteiger partial charge >= 0.3 is 0 Å². The fourth-order valence-electron chi connectivity index (χ4n) is 3.08. The van der Waals surface area contributed by atoms with E-state index in [4.69, 9.17) is 0 Å². The maximum absolute atomic E-state index is 13.2. The zero-order chi connectivity index (χ0) is 19.4. The maximum Gasteiger partial charge on any atom is 0.282 e. The van der Waals surface area contributed by atoms with Gasteiger partial charge in [-0.05, 0) is 37.1 Å². The van der Waals surface area contributed by atoms with Crippen molar-refractivity contribution in [2.45, 2.75) is 19.9 Å². The molecule has 0 bridgehead atoms. The highest BCUT2D eigenvalue weighted by Gasteiger charge is 2.34. The molecule has 144 valence electrons. The molecular weight excluding hydrogens is 369 g/mol. The number of anilines is 1. The highest BCUT2D eigenvalue weighted by Crippen LogP contribution is 2.20. The van der Waals surface area contributed by atoms with E-state index in [0.717, 1.165) is 11.1 Å². The monoisotopic (exact) mass is 391 g/mol. The number of hydrogen-bond acceptors (Lipinski definition) is 3. The van der Waals surface area contributed by atoms with Crippen molar-refractivity contribution in [2.75, 3.05) is 25.0 Å². The van der Waals surface area contributed by atoms with E-state index < -0.39 is 21.9 Å². The summed E-state index contributed by atoms with van der Waals surface area (Å²) in [6, 6.07) is 13.2. The molecule has 0 unspecified atom stereocenters. The summed E-state index contributed by atoms with van der Waals surface area (Å²) in [6.45, 7) is 2.62. The molecule has 8 heteroatoms. The van der Waals surface area contributed by atoms with Crippen LogP contribution < -0.4 is 5.32 Å². The number of nitrogens with one attached hydrogen (secondary N) is 1. The molecule has 0 atom stereocenters. The largest absolute Gasteiger partial charge is 0.325 e. The second-order valence-corrected chi connectivity index (χ2v) is 8.50. The van der Waals surface area contributed by atoms with E-state index in [2.05, 4.69) is 5.32 Å². The lowest BCUT2D eigenvalue weighted by Crippen LogP contribution is -2.51. The fourth-order valence-corrected chi connectivity index (χ4v) is 4.72. The van der Waals surface area contributed by atoms with Crippen LogP contribution in [0.25, 0.3) is 0 Å². The number of carbonyl (C=O) groups is 1. The van der Waals surface area contributed by atoms with Gasteiger partial charge in [0.15, 0.2) is 0 Å². The van der Waals surface area contributed by atoms with Gasteiger partial charge in [0.05, 0.1) is 6.54 Å². The Hall–Kier alpha value is -2.29. The summed E-state index contributed by atoms with van der Waals surface area (Å²) < 4.78 is 41.5. The highest BCUT2D eigenvalue weighted by molar-refractivity contribution is 7.86. The Kier molecular flexibility index (Phi) is 5.88. The van der Waals surface area contributed by atoms with Gasteiger partial charge in [-0.2, -0.15) is 17.0 Å². The Labute approximate surface area is 158 Å².